The lowest BCUT2D eigenvalue weighted by molar-refractivity contribution is -0.140. The number of hydrogen-bond acceptors (Lipinski definition) is 4. The summed E-state index contributed by atoms with van der Waals surface area (Å²) in [7, 11) is 4.60. The Morgan fingerprint density at radius 1 is 1.11 bits per heavy atom. The Morgan fingerprint density at radius 3 is 2.22 bits per heavy atom. The van der Waals surface area contributed by atoms with Crippen molar-refractivity contribution in [3.63, 3.8) is 0 Å². The Bertz CT molecular complexity index is 875. The highest BCUT2D eigenvalue weighted by Gasteiger charge is 2.43. The Morgan fingerprint density at radius 2 is 1.70 bits per heavy atom. The van der Waals surface area contributed by atoms with Crippen LogP contribution >= 0.6 is 0 Å². The first-order chi connectivity index (χ1) is 12.9. The van der Waals surface area contributed by atoms with Gasteiger partial charge in [-0.15, -0.1) is 0 Å². The lowest BCUT2D eigenvalue weighted by atomic mass is 9.79. The molecule has 142 valence electrons. The molecule has 0 aliphatic carbocycles. The molecular weight excluding hydrogens is 346 g/mol. The van der Waals surface area contributed by atoms with Gasteiger partial charge in [-0.2, -0.15) is 0 Å². The van der Waals surface area contributed by atoms with E-state index in [0.29, 0.717) is 22.6 Å². The first kappa shape index (κ1) is 18.8. The number of hydrogen-bond donors (Lipinski definition) is 1. The second-order valence-electron chi connectivity index (χ2n) is 6.57. The minimum absolute atomic E-state index is 0.243. The minimum atomic E-state index is -0.993. The average molecular weight is 369 g/mol. The molecule has 0 saturated heterocycles. The van der Waals surface area contributed by atoms with E-state index in [2.05, 4.69) is 6.92 Å². The summed E-state index contributed by atoms with van der Waals surface area (Å²) < 4.78 is 10.6. The van der Waals surface area contributed by atoms with Crippen LogP contribution in [-0.4, -0.2) is 43.2 Å². The zero-order valence-corrected chi connectivity index (χ0v) is 15.9. The number of nitrogens with zero attached hydrogens (tertiary/aromatic N) is 1. The number of carboxylic acid groups (broad SMARTS) is 1. The minimum Gasteiger partial charge on any atom is -0.493 e. The molecule has 2 aromatic rings. The van der Waals surface area contributed by atoms with E-state index in [1.165, 1.54) is 19.1 Å². The van der Waals surface area contributed by atoms with Gasteiger partial charge in [-0.05, 0) is 35.2 Å². The number of methoxy groups -OCH3 is 2. The summed E-state index contributed by atoms with van der Waals surface area (Å²) in [5, 5.41) is 10.0. The monoisotopic (exact) mass is 369 g/mol. The van der Waals surface area contributed by atoms with E-state index in [1.807, 2.05) is 24.3 Å². The van der Waals surface area contributed by atoms with Gasteiger partial charge < -0.3 is 19.5 Å². The van der Waals surface area contributed by atoms with Crippen LogP contribution < -0.4 is 9.47 Å². The smallest absolute Gasteiger partial charge is 0.313 e. The summed E-state index contributed by atoms with van der Waals surface area (Å²) in [5.41, 5.74) is 2.70. The van der Waals surface area contributed by atoms with Gasteiger partial charge in [0.15, 0.2) is 11.5 Å². The first-order valence-electron chi connectivity index (χ1n) is 8.77. The molecule has 3 rings (SSSR count). The van der Waals surface area contributed by atoms with Gasteiger partial charge in [0.05, 0.1) is 20.3 Å². The zero-order valence-electron chi connectivity index (χ0n) is 15.9. The molecule has 2 atom stereocenters. The topological polar surface area (TPSA) is 76.1 Å². The highest BCUT2D eigenvalue weighted by molar-refractivity contribution is 6.01. The van der Waals surface area contributed by atoms with Crippen molar-refractivity contribution in [2.75, 3.05) is 21.3 Å². The summed E-state index contributed by atoms with van der Waals surface area (Å²) in [6, 6.07) is 10.3. The molecule has 0 unspecified atom stereocenters. The molecule has 0 bridgehead atoms. The number of aliphatic carboxylic acids is 1. The van der Waals surface area contributed by atoms with Crippen LogP contribution in [0.3, 0.4) is 0 Å². The number of carboxylic acids is 1. The maximum absolute atomic E-state index is 13.0. The van der Waals surface area contributed by atoms with Gasteiger partial charge in [0.2, 0.25) is 0 Å². The van der Waals surface area contributed by atoms with Crippen molar-refractivity contribution in [1.29, 1.82) is 0 Å². The second kappa shape index (κ2) is 7.31. The Kier molecular flexibility index (Phi) is 5.08. The number of benzene rings is 2. The number of ether oxygens (including phenoxy) is 2. The van der Waals surface area contributed by atoms with E-state index in [4.69, 9.17) is 9.47 Å². The standard InChI is InChI=1S/C21H23NO5/c1-5-12-6-8-13(9-7-12)19-18(21(24)25)14-10-16(26-3)17(27-4)11-15(14)20(23)22(19)2/h6-11,18-19H,5H2,1-4H3,(H,24,25)/t18-,19-/m1/s1. The van der Waals surface area contributed by atoms with Crippen molar-refractivity contribution in [3.8, 4) is 11.5 Å². The van der Waals surface area contributed by atoms with Gasteiger partial charge in [0.25, 0.3) is 5.91 Å². The third-order valence-electron chi connectivity index (χ3n) is 5.17. The molecule has 0 spiro atoms. The molecular formula is C21H23NO5. The van der Waals surface area contributed by atoms with Gasteiger partial charge >= 0.3 is 5.97 Å². The van der Waals surface area contributed by atoms with Gasteiger partial charge in [0.1, 0.15) is 5.92 Å². The molecule has 0 fully saturated rings. The van der Waals surface area contributed by atoms with E-state index in [-0.39, 0.29) is 5.91 Å². The number of carbonyl (C=O) groups excluding carboxylic acids is 1. The van der Waals surface area contributed by atoms with Crippen LogP contribution in [0.1, 0.15) is 45.9 Å². The third-order valence-corrected chi connectivity index (χ3v) is 5.17. The molecule has 0 aromatic heterocycles. The van der Waals surface area contributed by atoms with Crippen LogP contribution in [0.25, 0.3) is 0 Å². The van der Waals surface area contributed by atoms with E-state index < -0.39 is 17.9 Å². The Balaban J connectivity index is 2.19. The predicted molar refractivity (Wildman–Crippen MR) is 101 cm³/mol. The summed E-state index contributed by atoms with van der Waals surface area (Å²) in [6.07, 6.45) is 0.891. The van der Waals surface area contributed by atoms with Crippen molar-refractivity contribution in [1.82, 2.24) is 4.90 Å². The third kappa shape index (κ3) is 3.12. The van der Waals surface area contributed by atoms with Crippen molar-refractivity contribution in [2.45, 2.75) is 25.3 Å². The number of fused-ring (bicyclic) bond motifs is 1. The fourth-order valence-electron chi connectivity index (χ4n) is 3.68. The fraction of sp³-hybridized carbons (Fsp3) is 0.333. The lowest BCUT2D eigenvalue weighted by Gasteiger charge is -2.39. The normalized spacial score (nSPS) is 18.8. The Hall–Kier alpha value is -3.02. The quantitative estimate of drug-likeness (QED) is 0.875. The summed E-state index contributed by atoms with van der Waals surface area (Å²) in [5.74, 6) is -1.34. The van der Waals surface area contributed by atoms with Crippen LogP contribution in [0.2, 0.25) is 0 Å². The van der Waals surface area contributed by atoms with Gasteiger partial charge in [-0.1, -0.05) is 31.2 Å². The molecule has 1 amide bonds. The summed E-state index contributed by atoms with van der Waals surface area (Å²) >= 11 is 0. The molecule has 0 radical (unpaired) electrons. The largest absolute Gasteiger partial charge is 0.493 e. The number of aryl methyl sites for hydroxylation is 1. The van der Waals surface area contributed by atoms with E-state index in [1.54, 1.807) is 19.2 Å². The van der Waals surface area contributed by atoms with Crippen molar-refractivity contribution >= 4 is 11.9 Å². The van der Waals surface area contributed by atoms with Crippen LogP contribution in [0.4, 0.5) is 0 Å². The van der Waals surface area contributed by atoms with Crippen LogP contribution in [0.5, 0.6) is 11.5 Å². The molecule has 1 N–H and O–H groups in total. The number of carbonyl (C=O) groups is 2. The van der Waals surface area contributed by atoms with Gasteiger partial charge in [-0.3, -0.25) is 9.59 Å². The molecule has 0 saturated carbocycles. The number of likely N-dealkylation sites (N-methyl/N-ethyl adjacent to an activating group) is 1. The fourth-order valence-corrected chi connectivity index (χ4v) is 3.68. The lowest BCUT2D eigenvalue weighted by Crippen LogP contribution is -2.42. The number of amides is 1. The summed E-state index contributed by atoms with van der Waals surface area (Å²) in [6.45, 7) is 2.06. The second-order valence-corrected chi connectivity index (χ2v) is 6.57. The van der Waals surface area contributed by atoms with Gasteiger partial charge in [-0.25, -0.2) is 0 Å². The Labute approximate surface area is 158 Å². The van der Waals surface area contributed by atoms with Crippen molar-refractivity contribution in [3.05, 3.63) is 58.7 Å². The van der Waals surface area contributed by atoms with Gasteiger partial charge in [0, 0.05) is 12.6 Å². The zero-order chi connectivity index (χ0) is 19.7. The van der Waals surface area contributed by atoms with E-state index in [9.17, 15) is 14.7 Å². The summed E-state index contributed by atoms with van der Waals surface area (Å²) in [4.78, 5) is 26.7. The SMILES string of the molecule is CCc1ccc([C@@H]2[C@H](C(=O)O)c3cc(OC)c(OC)cc3C(=O)N2C)cc1. The first-order valence-corrected chi connectivity index (χ1v) is 8.77. The average Bonchev–Trinajstić information content (AvgIpc) is 2.69. The van der Waals surface area contributed by atoms with E-state index in [0.717, 1.165) is 17.5 Å². The molecule has 1 aliphatic rings. The molecule has 2 aromatic carbocycles. The van der Waals surface area contributed by atoms with E-state index >= 15 is 0 Å². The number of rotatable bonds is 5. The molecule has 6 heteroatoms. The molecule has 6 nitrogen and oxygen atoms in total. The predicted octanol–water partition coefficient (Wildman–Crippen LogP) is 3.26. The molecule has 1 heterocycles. The highest BCUT2D eigenvalue weighted by Crippen LogP contribution is 2.45. The maximum Gasteiger partial charge on any atom is 0.313 e. The van der Waals surface area contributed by atoms with Crippen molar-refractivity contribution < 1.29 is 24.2 Å². The highest BCUT2D eigenvalue weighted by atomic mass is 16.5. The van der Waals surface area contributed by atoms with Crippen LogP contribution in [0, 0.1) is 0 Å². The van der Waals surface area contributed by atoms with Crippen LogP contribution in [-0.2, 0) is 11.2 Å². The molecule has 27 heavy (non-hydrogen) atoms. The van der Waals surface area contributed by atoms with Crippen LogP contribution in [0.15, 0.2) is 36.4 Å². The maximum atomic E-state index is 13.0. The molecule has 1 aliphatic heterocycles. The van der Waals surface area contributed by atoms with Crippen molar-refractivity contribution in [2.24, 2.45) is 0 Å².